The van der Waals surface area contributed by atoms with Crippen molar-refractivity contribution in [3.63, 3.8) is 0 Å². The monoisotopic (exact) mass is 413 g/mol. The normalized spacial score (nSPS) is 10.6. The van der Waals surface area contributed by atoms with Gasteiger partial charge in [-0.25, -0.2) is 4.39 Å². The predicted molar refractivity (Wildman–Crippen MR) is 104 cm³/mol. The van der Waals surface area contributed by atoms with Gasteiger partial charge in [-0.05, 0) is 43.4 Å². The summed E-state index contributed by atoms with van der Waals surface area (Å²) in [6.45, 7) is -0.103. The molecule has 6 nitrogen and oxygen atoms in total. The Morgan fingerprint density at radius 1 is 1.04 bits per heavy atom. The predicted octanol–water partition coefficient (Wildman–Crippen LogP) is 3.65. The molecule has 0 unspecified atom stereocenters. The Kier molecular flexibility index (Phi) is 7.41. The summed E-state index contributed by atoms with van der Waals surface area (Å²) in [6, 6.07) is 8.52. The highest BCUT2D eigenvalue weighted by Crippen LogP contribution is 2.27. The molecule has 27 heavy (non-hydrogen) atoms. The van der Waals surface area contributed by atoms with Crippen LogP contribution >= 0.6 is 23.2 Å². The van der Waals surface area contributed by atoms with Crippen LogP contribution < -0.4 is 15.4 Å². The number of ether oxygens (including phenoxy) is 1. The lowest BCUT2D eigenvalue weighted by Crippen LogP contribution is -2.36. The SMILES string of the molecule is COc1ccc(Cl)cc1NC(=O)CN(C)CC(=O)Nc1ccc(F)cc1Cl. The number of carbonyl (C=O) groups excluding carboxylic acids is 2. The van der Waals surface area contributed by atoms with E-state index < -0.39 is 5.82 Å². The van der Waals surface area contributed by atoms with E-state index in [0.717, 1.165) is 6.07 Å². The molecule has 0 aromatic heterocycles. The third-order valence-corrected chi connectivity index (χ3v) is 4.02. The number of nitrogens with one attached hydrogen (secondary N) is 2. The van der Waals surface area contributed by atoms with Crippen LogP contribution in [0.2, 0.25) is 10.0 Å². The number of nitrogens with zero attached hydrogens (tertiary/aromatic N) is 1. The van der Waals surface area contributed by atoms with E-state index >= 15 is 0 Å². The minimum Gasteiger partial charge on any atom is -0.495 e. The zero-order valence-electron chi connectivity index (χ0n) is 14.7. The largest absolute Gasteiger partial charge is 0.495 e. The molecule has 0 atom stereocenters. The van der Waals surface area contributed by atoms with Crippen LogP contribution in [0.1, 0.15) is 0 Å². The zero-order valence-corrected chi connectivity index (χ0v) is 16.2. The van der Waals surface area contributed by atoms with Gasteiger partial charge in [-0.2, -0.15) is 0 Å². The van der Waals surface area contributed by atoms with Gasteiger partial charge >= 0.3 is 0 Å². The Morgan fingerprint density at radius 2 is 1.67 bits per heavy atom. The Bertz CT molecular complexity index is 849. The molecule has 0 fully saturated rings. The van der Waals surface area contributed by atoms with Crippen LogP contribution in [0.25, 0.3) is 0 Å². The van der Waals surface area contributed by atoms with Gasteiger partial charge in [-0.15, -0.1) is 0 Å². The first-order valence-electron chi connectivity index (χ1n) is 7.85. The number of anilines is 2. The van der Waals surface area contributed by atoms with Gasteiger partial charge in [0.25, 0.3) is 0 Å². The van der Waals surface area contributed by atoms with E-state index in [1.807, 2.05) is 0 Å². The van der Waals surface area contributed by atoms with Crippen LogP contribution in [0, 0.1) is 5.82 Å². The number of hydrogen-bond donors (Lipinski definition) is 2. The molecule has 0 saturated heterocycles. The highest BCUT2D eigenvalue weighted by atomic mass is 35.5. The smallest absolute Gasteiger partial charge is 0.238 e. The highest BCUT2D eigenvalue weighted by molar-refractivity contribution is 6.33. The van der Waals surface area contributed by atoms with Crippen LogP contribution in [-0.4, -0.2) is 44.0 Å². The molecule has 0 aliphatic carbocycles. The maximum Gasteiger partial charge on any atom is 0.238 e. The van der Waals surface area contributed by atoms with Crippen molar-refractivity contribution in [3.05, 3.63) is 52.3 Å². The summed E-state index contributed by atoms with van der Waals surface area (Å²) < 4.78 is 18.2. The van der Waals surface area contributed by atoms with Gasteiger partial charge in [0.15, 0.2) is 0 Å². The highest BCUT2D eigenvalue weighted by Gasteiger charge is 2.14. The maximum atomic E-state index is 13.0. The van der Waals surface area contributed by atoms with E-state index in [4.69, 9.17) is 27.9 Å². The Labute approximate surface area is 166 Å². The fourth-order valence-electron chi connectivity index (χ4n) is 2.29. The van der Waals surface area contributed by atoms with Gasteiger partial charge in [-0.1, -0.05) is 23.2 Å². The molecule has 144 valence electrons. The van der Waals surface area contributed by atoms with E-state index in [2.05, 4.69) is 10.6 Å². The zero-order chi connectivity index (χ0) is 20.0. The molecule has 0 aliphatic rings. The lowest BCUT2D eigenvalue weighted by molar-refractivity contribution is -0.119. The van der Waals surface area contributed by atoms with E-state index in [1.54, 1.807) is 25.2 Å². The second-order valence-corrected chi connectivity index (χ2v) is 6.58. The van der Waals surface area contributed by atoms with Crippen molar-refractivity contribution in [2.24, 2.45) is 0 Å². The molecule has 0 radical (unpaired) electrons. The summed E-state index contributed by atoms with van der Waals surface area (Å²) in [7, 11) is 3.09. The first-order valence-corrected chi connectivity index (χ1v) is 8.61. The van der Waals surface area contributed by atoms with E-state index in [-0.39, 0.29) is 29.9 Å². The molecular weight excluding hydrogens is 396 g/mol. The molecule has 0 aliphatic heterocycles. The number of likely N-dealkylation sites (N-methyl/N-ethyl adjacent to an activating group) is 1. The van der Waals surface area contributed by atoms with Crippen molar-refractivity contribution in [1.29, 1.82) is 0 Å². The third kappa shape index (κ3) is 6.39. The maximum absolute atomic E-state index is 13.0. The molecule has 9 heteroatoms. The molecule has 2 rings (SSSR count). The summed E-state index contributed by atoms with van der Waals surface area (Å²) in [4.78, 5) is 25.8. The fourth-order valence-corrected chi connectivity index (χ4v) is 2.68. The summed E-state index contributed by atoms with van der Waals surface area (Å²) in [6.07, 6.45) is 0. The van der Waals surface area contributed by atoms with Gasteiger partial charge in [0.05, 0.1) is 36.6 Å². The molecule has 2 N–H and O–H groups in total. The topological polar surface area (TPSA) is 70.7 Å². The van der Waals surface area contributed by atoms with Crippen LogP contribution in [0.5, 0.6) is 5.75 Å². The lowest BCUT2D eigenvalue weighted by Gasteiger charge is -2.17. The van der Waals surface area contributed by atoms with Gasteiger partial charge in [0.1, 0.15) is 11.6 Å². The average molecular weight is 414 g/mol. The van der Waals surface area contributed by atoms with Crippen molar-refractivity contribution in [3.8, 4) is 5.75 Å². The van der Waals surface area contributed by atoms with Crippen molar-refractivity contribution in [2.45, 2.75) is 0 Å². The minimum atomic E-state index is -0.497. The first kappa shape index (κ1) is 21.0. The molecule has 0 bridgehead atoms. The quantitative estimate of drug-likeness (QED) is 0.726. The number of methoxy groups -OCH3 is 1. The summed E-state index contributed by atoms with van der Waals surface area (Å²) in [5.74, 6) is -0.757. The Morgan fingerprint density at radius 3 is 2.26 bits per heavy atom. The van der Waals surface area contributed by atoms with Gasteiger partial charge < -0.3 is 15.4 Å². The van der Waals surface area contributed by atoms with Crippen LogP contribution in [0.3, 0.4) is 0 Å². The van der Waals surface area contributed by atoms with Crippen LogP contribution in [0.4, 0.5) is 15.8 Å². The summed E-state index contributed by atoms with van der Waals surface area (Å²) in [5.41, 5.74) is 0.732. The molecule has 2 aromatic rings. The molecule has 2 aromatic carbocycles. The van der Waals surface area contributed by atoms with Crippen molar-refractivity contribution in [2.75, 3.05) is 37.9 Å². The standard InChI is InChI=1S/C18H18Cl2FN3O3/c1-24(9-17(25)22-14-5-4-12(21)8-13(14)20)10-18(26)23-15-7-11(19)3-6-16(15)27-2/h3-8H,9-10H2,1-2H3,(H,22,25)(H,23,26). The van der Waals surface area contributed by atoms with E-state index in [1.165, 1.54) is 24.1 Å². The number of carbonyl (C=O) groups is 2. The van der Waals surface area contributed by atoms with Crippen LogP contribution in [0.15, 0.2) is 36.4 Å². The molecule has 2 amide bonds. The number of amides is 2. The van der Waals surface area contributed by atoms with Gasteiger partial charge in [0.2, 0.25) is 11.8 Å². The minimum absolute atomic E-state index is 0.0414. The van der Waals surface area contributed by atoms with Crippen molar-refractivity contribution < 1.29 is 18.7 Å². The second-order valence-electron chi connectivity index (χ2n) is 5.74. The van der Waals surface area contributed by atoms with Crippen molar-refractivity contribution >= 4 is 46.4 Å². The first-order chi connectivity index (χ1) is 12.8. The second kappa shape index (κ2) is 9.55. The third-order valence-electron chi connectivity index (χ3n) is 3.47. The Balaban J connectivity index is 1.89. The molecule has 0 spiro atoms. The number of halogens is 3. The van der Waals surface area contributed by atoms with Gasteiger partial charge in [-0.3, -0.25) is 14.5 Å². The fraction of sp³-hybridized carbons (Fsp3) is 0.222. The molecule has 0 heterocycles. The van der Waals surface area contributed by atoms with Gasteiger partial charge in [0, 0.05) is 5.02 Å². The Hall–Kier alpha value is -2.35. The molecular formula is C18H18Cl2FN3O3. The van der Waals surface area contributed by atoms with E-state index in [9.17, 15) is 14.0 Å². The summed E-state index contributed by atoms with van der Waals surface area (Å²) >= 11 is 11.8. The van der Waals surface area contributed by atoms with Crippen LogP contribution in [-0.2, 0) is 9.59 Å². The molecule has 0 saturated carbocycles. The average Bonchev–Trinajstić information content (AvgIpc) is 2.57. The van der Waals surface area contributed by atoms with E-state index in [0.29, 0.717) is 22.1 Å². The number of hydrogen-bond acceptors (Lipinski definition) is 4. The summed E-state index contributed by atoms with van der Waals surface area (Å²) in [5, 5.41) is 5.80. The number of rotatable bonds is 7. The van der Waals surface area contributed by atoms with Crippen molar-refractivity contribution in [1.82, 2.24) is 4.90 Å². The number of benzene rings is 2. The lowest BCUT2D eigenvalue weighted by atomic mass is 10.3.